The Morgan fingerprint density at radius 2 is 1.97 bits per heavy atom. The molecule has 2 amide bonds. The molecule has 5 rings (SSSR count). The Bertz CT molecular complexity index is 1180. The summed E-state index contributed by atoms with van der Waals surface area (Å²) < 4.78 is 38.7. The molecule has 1 aromatic heterocycles. The van der Waals surface area contributed by atoms with E-state index in [4.69, 9.17) is 9.47 Å². The molecule has 2 aromatic carbocycles. The lowest BCUT2D eigenvalue weighted by Gasteiger charge is -2.26. The number of anilines is 2. The Hall–Kier alpha value is -3.46. The highest BCUT2D eigenvalue weighted by Gasteiger charge is 2.38. The van der Waals surface area contributed by atoms with Gasteiger partial charge >= 0.3 is 0 Å². The lowest BCUT2D eigenvalue weighted by molar-refractivity contribution is -0.124. The predicted octanol–water partition coefficient (Wildman–Crippen LogP) is 4.34. The van der Waals surface area contributed by atoms with Crippen molar-refractivity contribution < 1.29 is 27.8 Å². The van der Waals surface area contributed by atoms with E-state index >= 15 is 0 Å². The molecular weight excluding hydrogens is 438 g/mol. The Labute approximate surface area is 186 Å². The molecule has 0 aliphatic carbocycles. The summed E-state index contributed by atoms with van der Waals surface area (Å²) in [5.41, 5.74) is 0.589. The van der Waals surface area contributed by atoms with Gasteiger partial charge in [-0.15, -0.1) is 11.3 Å². The predicted molar refractivity (Wildman–Crippen MR) is 115 cm³/mol. The van der Waals surface area contributed by atoms with Crippen LogP contribution in [0.4, 0.5) is 20.2 Å². The van der Waals surface area contributed by atoms with Crippen molar-refractivity contribution >= 4 is 34.5 Å². The molecule has 0 bridgehead atoms. The maximum absolute atomic E-state index is 14.6. The first-order valence-corrected chi connectivity index (χ1v) is 10.9. The van der Waals surface area contributed by atoms with Crippen molar-refractivity contribution in [3.8, 4) is 11.5 Å². The van der Waals surface area contributed by atoms with Gasteiger partial charge in [0.2, 0.25) is 18.6 Å². The number of benzene rings is 2. The van der Waals surface area contributed by atoms with E-state index < -0.39 is 17.6 Å². The van der Waals surface area contributed by atoms with Crippen LogP contribution < -0.4 is 19.3 Å². The van der Waals surface area contributed by atoms with E-state index in [2.05, 4.69) is 0 Å². The quantitative estimate of drug-likeness (QED) is 0.573. The van der Waals surface area contributed by atoms with Crippen molar-refractivity contribution in [3.63, 3.8) is 0 Å². The number of carbonyl (C=O) groups is 2. The van der Waals surface area contributed by atoms with Gasteiger partial charge in [-0.25, -0.2) is 8.78 Å². The van der Waals surface area contributed by atoms with Crippen LogP contribution in [-0.4, -0.2) is 25.2 Å². The van der Waals surface area contributed by atoms with E-state index in [-0.39, 0.29) is 43.8 Å². The monoisotopic (exact) mass is 456 g/mol. The molecule has 0 saturated carbocycles. The zero-order chi connectivity index (χ0) is 22.2. The number of nitrogens with zero attached hydrogens (tertiary/aromatic N) is 2. The molecule has 2 aliphatic heterocycles. The van der Waals surface area contributed by atoms with Gasteiger partial charge in [0, 0.05) is 35.7 Å². The molecule has 2 aliphatic rings. The van der Waals surface area contributed by atoms with Crippen molar-refractivity contribution in [2.24, 2.45) is 5.92 Å². The summed E-state index contributed by atoms with van der Waals surface area (Å²) in [6, 6.07) is 12.0. The fourth-order valence-corrected chi connectivity index (χ4v) is 4.63. The minimum absolute atomic E-state index is 0.00295. The van der Waals surface area contributed by atoms with Crippen LogP contribution in [0.1, 0.15) is 11.3 Å². The molecule has 0 N–H and O–H groups in total. The third-order valence-corrected chi connectivity index (χ3v) is 6.36. The number of hydrogen-bond acceptors (Lipinski definition) is 5. The number of amides is 2. The van der Waals surface area contributed by atoms with Gasteiger partial charge in [0.05, 0.1) is 18.2 Å². The summed E-state index contributed by atoms with van der Waals surface area (Å²) in [6.45, 7) is 0.406. The largest absolute Gasteiger partial charge is 0.454 e. The summed E-state index contributed by atoms with van der Waals surface area (Å²) in [5, 5.41) is 1.86. The normalized spacial score (nSPS) is 17.1. The van der Waals surface area contributed by atoms with Crippen LogP contribution in [-0.2, 0) is 16.1 Å². The molecular formula is C23H18F2N2O4S. The minimum atomic E-state index is -0.827. The van der Waals surface area contributed by atoms with Crippen molar-refractivity contribution in [2.45, 2.75) is 13.0 Å². The molecule has 1 saturated heterocycles. The molecule has 164 valence electrons. The highest BCUT2D eigenvalue weighted by molar-refractivity contribution is 7.09. The summed E-state index contributed by atoms with van der Waals surface area (Å²) >= 11 is 1.43. The zero-order valence-corrected chi connectivity index (χ0v) is 17.6. The van der Waals surface area contributed by atoms with Crippen molar-refractivity contribution in [1.29, 1.82) is 0 Å². The zero-order valence-electron chi connectivity index (χ0n) is 16.8. The summed E-state index contributed by atoms with van der Waals surface area (Å²) in [4.78, 5) is 29.9. The Balaban J connectivity index is 1.41. The van der Waals surface area contributed by atoms with Crippen LogP contribution in [0.2, 0.25) is 0 Å². The second-order valence-electron chi connectivity index (χ2n) is 7.54. The number of fused-ring (bicyclic) bond motifs is 1. The Morgan fingerprint density at radius 1 is 1.12 bits per heavy atom. The SMILES string of the molecule is O=C1CC(C(=O)N(Cc2cccs2)c2ccc(F)cc2F)CN1c1ccc2c(c1)OCO2. The number of rotatable bonds is 5. The summed E-state index contributed by atoms with van der Waals surface area (Å²) in [5.74, 6) is -1.68. The van der Waals surface area contributed by atoms with Gasteiger partial charge < -0.3 is 19.3 Å². The van der Waals surface area contributed by atoms with Crippen LogP contribution in [0, 0.1) is 17.6 Å². The summed E-state index contributed by atoms with van der Waals surface area (Å²) in [6.07, 6.45) is -0.00295. The highest BCUT2D eigenvalue weighted by atomic mass is 32.1. The molecule has 3 aromatic rings. The Morgan fingerprint density at radius 3 is 2.75 bits per heavy atom. The second kappa shape index (κ2) is 8.23. The number of thiophene rings is 1. The molecule has 0 spiro atoms. The van der Waals surface area contributed by atoms with Gasteiger partial charge in [0.25, 0.3) is 0 Å². The minimum Gasteiger partial charge on any atom is -0.454 e. The molecule has 1 unspecified atom stereocenters. The fourth-order valence-electron chi connectivity index (χ4n) is 3.94. The lowest BCUT2D eigenvalue weighted by Crippen LogP contribution is -2.37. The van der Waals surface area contributed by atoms with E-state index in [9.17, 15) is 18.4 Å². The highest BCUT2D eigenvalue weighted by Crippen LogP contribution is 2.38. The molecule has 0 radical (unpaired) electrons. The number of hydrogen-bond donors (Lipinski definition) is 0. The number of ether oxygens (including phenoxy) is 2. The van der Waals surface area contributed by atoms with Crippen LogP contribution in [0.25, 0.3) is 0 Å². The van der Waals surface area contributed by atoms with E-state index in [0.29, 0.717) is 17.2 Å². The average Bonchev–Trinajstić information content (AvgIpc) is 3.52. The topological polar surface area (TPSA) is 59.1 Å². The van der Waals surface area contributed by atoms with Crippen molar-refractivity contribution in [1.82, 2.24) is 0 Å². The smallest absolute Gasteiger partial charge is 0.232 e. The first-order chi connectivity index (χ1) is 15.5. The first-order valence-electron chi connectivity index (χ1n) is 9.98. The van der Waals surface area contributed by atoms with E-state index in [0.717, 1.165) is 17.0 Å². The van der Waals surface area contributed by atoms with E-state index in [1.165, 1.54) is 27.2 Å². The summed E-state index contributed by atoms with van der Waals surface area (Å²) in [7, 11) is 0. The molecule has 3 heterocycles. The maximum atomic E-state index is 14.6. The van der Waals surface area contributed by atoms with Gasteiger partial charge in [0.15, 0.2) is 11.5 Å². The van der Waals surface area contributed by atoms with Crippen molar-refractivity contribution in [2.75, 3.05) is 23.1 Å². The molecule has 32 heavy (non-hydrogen) atoms. The second-order valence-corrected chi connectivity index (χ2v) is 8.57. The number of carbonyl (C=O) groups excluding carboxylic acids is 2. The lowest BCUT2D eigenvalue weighted by atomic mass is 10.1. The van der Waals surface area contributed by atoms with E-state index in [1.807, 2.05) is 17.5 Å². The van der Waals surface area contributed by atoms with E-state index in [1.54, 1.807) is 18.2 Å². The Kier molecular flexibility index (Phi) is 5.26. The molecule has 6 nitrogen and oxygen atoms in total. The maximum Gasteiger partial charge on any atom is 0.232 e. The molecule has 1 atom stereocenters. The standard InChI is InChI=1S/C23H18F2N2O4S/c24-15-3-5-19(18(25)9-15)27(12-17-2-1-7-32-17)23(29)14-8-22(28)26(11-14)16-4-6-20-21(10-16)31-13-30-20/h1-7,9-10,14H,8,11-13H2. The van der Waals surface area contributed by atoms with Crippen LogP contribution >= 0.6 is 11.3 Å². The van der Waals surface area contributed by atoms with Crippen molar-refractivity contribution in [3.05, 3.63) is 70.4 Å². The third-order valence-electron chi connectivity index (χ3n) is 5.50. The molecule has 9 heteroatoms. The third kappa shape index (κ3) is 3.80. The van der Waals surface area contributed by atoms with Gasteiger partial charge in [-0.3, -0.25) is 9.59 Å². The van der Waals surface area contributed by atoms with Crippen LogP contribution in [0.3, 0.4) is 0 Å². The average molecular weight is 456 g/mol. The molecule has 1 fully saturated rings. The first kappa shape index (κ1) is 20.4. The fraction of sp³-hybridized carbons (Fsp3) is 0.217. The van der Waals surface area contributed by atoms with Gasteiger partial charge in [0.1, 0.15) is 11.6 Å². The number of halogens is 2. The van der Waals surface area contributed by atoms with Gasteiger partial charge in [-0.2, -0.15) is 0 Å². The van der Waals surface area contributed by atoms with Gasteiger partial charge in [-0.1, -0.05) is 6.07 Å². The van der Waals surface area contributed by atoms with Gasteiger partial charge in [-0.05, 0) is 35.7 Å². The van der Waals surface area contributed by atoms with Crippen LogP contribution in [0.15, 0.2) is 53.9 Å². The van der Waals surface area contributed by atoms with Crippen LogP contribution in [0.5, 0.6) is 11.5 Å².